The molecule has 7 heteroatoms. The Morgan fingerprint density at radius 2 is 1.95 bits per heavy atom. The van der Waals surface area contributed by atoms with Crippen LogP contribution in [-0.4, -0.2) is 15.0 Å². The molecular formula is C13H10ClN5S. The summed E-state index contributed by atoms with van der Waals surface area (Å²) < 4.78 is 0. The van der Waals surface area contributed by atoms with Crippen LogP contribution in [0.1, 0.15) is 0 Å². The fourth-order valence-corrected chi connectivity index (χ4v) is 2.83. The number of aromatic nitrogens is 3. The van der Waals surface area contributed by atoms with Gasteiger partial charge in [-0.3, -0.25) is 0 Å². The first-order valence-electron chi connectivity index (χ1n) is 5.74. The first-order valence-corrected chi connectivity index (χ1v) is 6.94. The Kier molecular flexibility index (Phi) is 3.25. The monoisotopic (exact) mass is 303 g/mol. The number of nitrogen functional groups attached to an aromatic ring is 2. The summed E-state index contributed by atoms with van der Waals surface area (Å²) in [5, 5.41) is 0.653. The molecule has 4 N–H and O–H groups in total. The first-order chi connectivity index (χ1) is 9.63. The van der Waals surface area contributed by atoms with Crippen molar-refractivity contribution in [2.45, 2.75) is 0 Å². The minimum atomic E-state index is 0.188. The lowest BCUT2D eigenvalue weighted by atomic mass is 10.1. The molecule has 3 rings (SSSR count). The summed E-state index contributed by atoms with van der Waals surface area (Å²) >= 11 is 7.19. The van der Waals surface area contributed by atoms with Crippen LogP contribution in [0.15, 0.2) is 36.5 Å². The number of thiazole rings is 1. The topological polar surface area (TPSA) is 90.7 Å². The molecule has 2 aromatic heterocycles. The Labute approximate surface area is 124 Å². The number of nitrogens with two attached hydrogens (primary N) is 2. The van der Waals surface area contributed by atoms with E-state index in [0.29, 0.717) is 16.5 Å². The highest BCUT2D eigenvalue weighted by molar-refractivity contribution is 7.19. The lowest BCUT2D eigenvalue weighted by molar-refractivity contribution is 1.18. The standard InChI is InChI=1S/C13H10ClN5S/c14-12-17-5-4-9(18-12)11-10(19-13(16)20-11)7-2-1-3-8(15)6-7/h1-6H,15H2,(H2,16,19). The zero-order valence-electron chi connectivity index (χ0n) is 10.2. The average molecular weight is 304 g/mol. The second-order valence-electron chi connectivity index (χ2n) is 4.07. The van der Waals surface area contributed by atoms with Crippen molar-refractivity contribution in [3.63, 3.8) is 0 Å². The Balaban J connectivity index is 2.18. The van der Waals surface area contributed by atoms with Crippen LogP contribution in [0.4, 0.5) is 10.8 Å². The van der Waals surface area contributed by atoms with Gasteiger partial charge in [0.2, 0.25) is 5.28 Å². The van der Waals surface area contributed by atoms with E-state index in [1.165, 1.54) is 11.3 Å². The van der Waals surface area contributed by atoms with Gasteiger partial charge in [0, 0.05) is 17.4 Å². The van der Waals surface area contributed by atoms with Crippen LogP contribution in [-0.2, 0) is 0 Å². The molecule has 0 saturated heterocycles. The van der Waals surface area contributed by atoms with Crippen LogP contribution in [0.5, 0.6) is 0 Å². The van der Waals surface area contributed by atoms with E-state index in [4.69, 9.17) is 23.1 Å². The van der Waals surface area contributed by atoms with Gasteiger partial charge in [0.15, 0.2) is 5.13 Å². The van der Waals surface area contributed by atoms with Crippen molar-refractivity contribution >= 4 is 33.8 Å². The fraction of sp³-hybridized carbons (Fsp3) is 0. The van der Waals surface area contributed by atoms with Crippen LogP contribution in [0.2, 0.25) is 5.28 Å². The molecule has 0 aliphatic heterocycles. The molecule has 100 valence electrons. The maximum Gasteiger partial charge on any atom is 0.222 e. The molecule has 5 nitrogen and oxygen atoms in total. The molecule has 20 heavy (non-hydrogen) atoms. The van der Waals surface area contributed by atoms with Crippen molar-refractivity contribution in [2.24, 2.45) is 0 Å². The van der Waals surface area contributed by atoms with Gasteiger partial charge in [0.1, 0.15) is 0 Å². The molecule has 0 atom stereocenters. The van der Waals surface area contributed by atoms with Crippen LogP contribution in [0.3, 0.4) is 0 Å². The Morgan fingerprint density at radius 3 is 2.70 bits per heavy atom. The first kappa shape index (κ1) is 12.8. The molecule has 0 saturated carbocycles. The summed E-state index contributed by atoms with van der Waals surface area (Å²) in [5.41, 5.74) is 14.6. The SMILES string of the molecule is Nc1cccc(-c2nc(N)sc2-c2ccnc(Cl)n2)c1. The second kappa shape index (κ2) is 5.07. The van der Waals surface area contributed by atoms with E-state index in [1.54, 1.807) is 12.3 Å². The van der Waals surface area contributed by atoms with Gasteiger partial charge in [-0.05, 0) is 29.8 Å². The average Bonchev–Trinajstić information content (AvgIpc) is 2.81. The van der Waals surface area contributed by atoms with Crippen LogP contribution >= 0.6 is 22.9 Å². The minimum absolute atomic E-state index is 0.188. The van der Waals surface area contributed by atoms with Crippen molar-refractivity contribution in [2.75, 3.05) is 11.5 Å². The summed E-state index contributed by atoms with van der Waals surface area (Å²) in [4.78, 5) is 13.3. The molecule has 0 bridgehead atoms. The molecular weight excluding hydrogens is 294 g/mol. The van der Waals surface area contributed by atoms with E-state index >= 15 is 0 Å². The summed E-state index contributed by atoms with van der Waals surface area (Å²) in [6, 6.07) is 9.24. The number of hydrogen-bond donors (Lipinski definition) is 2. The highest BCUT2D eigenvalue weighted by Crippen LogP contribution is 2.37. The van der Waals surface area contributed by atoms with Gasteiger partial charge < -0.3 is 11.5 Å². The molecule has 0 fully saturated rings. The predicted molar refractivity (Wildman–Crippen MR) is 82.4 cm³/mol. The third kappa shape index (κ3) is 2.43. The molecule has 3 aromatic rings. The Morgan fingerprint density at radius 1 is 1.10 bits per heavy atom. The maximum atomic E-state index is 5.84. The number of hydrogen-bond acceptors (Lipinski definition) is 6. The van der Waals surface area contributed by atoms with Crippen molar-refractivity contribution in [3.05, 3.63) is 41.8 Å². The number of benzene rings is 1. The van der Waals surface area contributed by atoms with E-state index in [0.717, 1.165) is 16.1 Å². The number of anilines is 2. The summed E-state index contributed by atoms with van der Waals surface area (Å²) in [5.74, 6) is 0. The highest BCUT2D eigenvalue weighted by Gasteiger charge is 2.15. The third-order valence-electron chi connectivity index (χ3n) is 2.66. The summed E-state index contributed by atoms with van der Waals surface area (Å²) in [6.07, 6.45) is 1.60. The molecule has 0 aliphatic rings. The van der Waals surface area contributed by atoms with Gasteiger partial charge >= 0.3 is 0 Å². The normalized spacial score (nSPS) is 10.7. The zero-order chi connectivity index (χ0) is 14.1. The quantitative estimate of drug-likeness (QED) is 0.561. The van der Waals surface area contributed by atoms with E-state index < -0.39 is 0 Å². The van der Waals surface area contributed by atoms with Gasteiger partial charge in [0.25, 0.3) is 0 Å². The molecule has 0 spiro atoms. The van der Waals surface area contributed by atoms with Gasteiger partial charge in [-0.15, -0.1) is 0 Å². The van der Waals surface area contributed by atoms with E-state index in [-0.39, 0.29) is 5.28 Å². The van der Waals surface area contributed by atoms with E-state index in [1.807, 2.05) is 24.3 Å². The Bertz CT molecular complexity index is 708. The molecule has 0 amide bonds. The van der Waals surface area contributed by atoms with Crippen LogP contribution < -0.4 is 11.5 Å². The van der Waals surface area contributed by atoms with Crippen molar-refractivity contribution in [3.8, 4) is 21.8 Å². The van der Waals surface area contributed by atoms with E-state index in [2.05, 4.69) is 15.0 Å². The number of rotatable bonds is 2. The van der Waals surface area contributed by atoms with Crippen molar-refractivity contribution in [1.82, 2.24) is 15.0 Å². The number of nitrogens with zero attached hydrogens (tertiary/aromatic N) is 3. The predicted octanol–water partition coefficient (Wildman–Crippen LogP) is 3.08. The molecule has 0 radical (unpaired) electrons. The lowest BCUT2D eigenvalue weighted by Crippen LogP contribution is -1.89. The van der Waals surface area contributed by atoms with Gasteiger partial charge in [-0.1, -0.05) is 23.5 Å². The summed E-state index contributed by atoms with van der Waals surface area (Å²) in [6.45, 7) is 0. The third-order valence-corrected chi connectivity index (χ3v) is 3.75. The Hall–Kier alpha value is -2.18. The molecule has 2 heterocycles. The van der Waals surface area contributed by atoms with Crippen LogP contribution in [0, 0.1) is 0 Å². The van der Waals surface area contributed by atoms with Gasteiger partial charge in [-0.2, -0.15) is 0 Å². The van der Waals surface area contributed by atoms with E-state index in [9.17, 15) is 0 Å². The minimum Gasteiger partial charge on any atom is -0.399 e. The van der Waals surface area contributed by atoms with Crippen LogP contribution in [0.25, 0.3) is 21.8 Å². The highest BCUT2D eigenvalue weighted by atomic mass is 35.5. The zero-order valence-corrected chi connectivity index (χ0v) is 11.8. The fourth-order valence-electron chi connectivity index (χ4n) is 1.85. The second-order valence-corrected chi connectivity index (χ2v) is 5.43. The van der Waals surface area contributed by atoms with Crippen molar-refractivity contribution < 1.29 is 0 Å². The maximum absolute atomic E-state index is 5.84. The molecule has 1 aromatic carbocycles. The summed E-state index contributed by atoms with van der Waals surface area (Å²) in [7, 11) is 0. The molecule has 0 aliphatic carbocycles. The van der Waals surface area contributed by atoms with Gasteiger partial charge in [-0.25, -0.2) is 15.0 Å². The van der Waals surface area contributed by atoms with Crippen molar-refractivity contribution in [1.29, 1.82) is 0 Å². The lowest BCUT2D eigenvalue weighted by Gasteiger charge is -2.03. The van der Waals surface area contributed by atoms with Gasteiger partial charge in [0.05, 0.1) is 16.3 Å². The smallest absolute Gasteiger partial charge is 0.222 e. The number of halogens is 1. The largest absolute Gasteiger partial charge is 0.399 e. The molecule has 0 unspecified atom stereocenters.